The van der Waals surface area contributed by atoms with Gasteiger partial charge in [0.15, 0.2) is 11.6 Å². The first-order valence-corrected chi connectivity index (χ1v) is 11.4. The molecule has 5 heteroatoms. The maximum atomic E-state index is 13.8. The first kappa shape index (κ1) is 22.7. The molecule has 1 fully saturated rings. The number of hydrogen-bond acceptors (Lipinski definition) is 3. The summed E-state index contributed by atoms with van der Waals surface area (Å²) in [4.78, 5) is 29.5. The summed E-state index contributed by atoms with van der Waals surface area (Å²) in [5, 5.41) is 1.03. The summed E-state index contributed by atoms with van der Waals surface area (Å²) in [5.41, 5.74) is 4.20. The van der Waals surface area contributed by atoms with Crippen molar-refractivity contribution in [3.05, 3.63) is 105 Å². The molecule has 4 rings (SSSR count). The number of benzene rings is 3. The largest absolute Gasteiger partial charge is 0.298 e. The van der Waals surface area contributed by atoms with Gasteiger partial charge in [0.25, 0.3) is 0 Å². The molecule has 32 heavy (non-hydrogen) atoms. The Kier molecular flexibility index (Phi) is 6.52. The zero-order chi connectivity index (χ0) is 23.0. The van der Waals surface area contributed by atoms with E-state index in [-0.39, 0.29) is 17.6 Å². The molecule has 1 saturated heterocycles. The highest BCUT2D eigenvalue weighted by molar-refractivity contribution is 6.35. The van der Waals surface area contributed by atoms with Gasteiger partial charge in [-0.05, 0) is 38.6 Å². The van der Waals surface area contributed by atoms with Gasteiger partial charge < -0.3 is 0 Å². The van der Waals surface area contributed by atoms with Crippen LogP contribution in [-0.4, -0.2) is 30.1 Å². The Bertz CT molecular complexity index is 1160. The van der Waals surface area contributed by atoms with Crippen molar-refractivity contribution >= 4 is 34.8 Å². The predicted molar refractivity (Wildman–Crippen MR) is 130 cm³/mol. The van der Waals surface area contributed by atoms with E-state index in [0.29, 0.717) is 27.7 Å². The molecule has 0 spiro atoms. The number of ketones is 2. The zero-order valence-corrected chi connectivity index (χ0v) is 19.8. The molecule has 3 atom stereocenters. The standard InChI is InChI=1S/C27H25Cl2NO2/c1-16-4-8-18(9-5-16)26(31)22-15-30(3)25(21-13-12-20(28)14-23(21)29)24(22)27(32)19-10-6-17(2)7-11-19/h4-14,22,24-25H,15H2,1-3H3. The van der Waals surface area contributed by atoms with Crippen molar-refractivity contribution in [3.63, 3.8) is 0 Å². The fraction of sp³-hybridized carbons (Fsp3) is 0.259. The molecule has 3 aromatic carbocycles. The van der Waals surface area contributed by atoms with Gasteiger partial charge in [-0.15, -0.1) is 0 Å². The van der Waals surface area contributed by atoms with Crippen LogP contribution in [0.3, 0.4) is 0 Å². The van der Waals surface area contributed by atoms with Crippen molar-refractivity contribution in [3.8, 4) is 0 Å². The average Bonchev–Trinajstić information content (AvgIpc) is 3.10. The Labute approximate surface area is 199 Å². The van der Waals surface area contributed by atoms with Crippen LogP contribution < -0.4 is 0 Å². The van der Waals surface area contributed by atoms with E-state index in [2.05, 4.69) is 4.90 Å². The van der Waals surface area contributed by atoms with Crippen molar-refractivity contribution < 1.29 is 9.59 Å². The number of rotatable bonds is 5. The minimum Gasteiger partial charge on any atom is -0.298 e. The van der Waals surface area contributed by atoms with Crippen molar-refractivity contribution in [1.29, 1.82) is 0 Å². The lowest BCUT2D eigenvalue weighted by molar-refractivity contribution is 0.0785. The molecule has 0 bridgehead atoms. The Morgan fingerprint density at radius 1 is 0.812 bits per heavy atom. The number of Topliss-reactive ketones (excluding diaryl/α,β-unsaturated/α-hetero) is 2. The molecule has 0 saturated carbocycles. The number of aryl methyl sites for hydroxylation is 2. The van der Waals surface area contributed by atoms with Crippen LogP contribution >= 0.6 is 23.2 Å². The third kappa shape index (κ3) is 4.38. The smallest absolute Gasteiger partial charge is 0.168 e. The summed E-state index contributed by atoms with van der Waals surface area (Å²) in [5.74, 6) is -1.10. The van der Waals surface area contributed by atoms with Crippen LogP contribution in [0.5, 0.6) is 0 Å². The van der Waals surface area contributed by atoms with Gasteiger partial charge in [-0.1, -0.05) is 88.9 Å². The number of nitrogens with zero attached hydrogens (tertiary/aromatic N) is 1. The Morgan fingerprint density at radius 2 is 1.34 bits per heavy atom. The van der Waals surface area contributed by atoms with E-state index in [4.69, 9.17) is 23.2 Å². The number of halogens is 2. The van der Waals surface area contributed by atoms with Crippen LogP contribution in [0.25, 0.3) is 0 Å². The minimum atomic E-state index is -0.560. The fourth-order valence-electron chi connectivity index (χ4n) is 4.62. The summed E-state index contributed by atoms with van der Waals surface area (Å²) in [6.45, 7) is 4.44. The number of carbonyl (C=O) groups is 2. The molecule has 0 aromatic heterocycles. The van der Waals surface area contributed by atoms with E-state index in [1.165, 1.54) is 0 Å². The van der Waals surface area contributed by atoms with Gasteiger partial charge in [-0.3, -0.25) is 14.5 Å². The lowest BCUT2D eigenvalue weighted by Crippen LogP contribution is -2.31. The summed E-state index contributed by atoms with van der Waals surface area (Å²) in [6.07, 6.45) is 0. The van der Waals surface area contributed by atoms with Crippen molar-refractivity contribution in [2.24, 2.45) is 11.8 Å². The van der Waals surface area contributed by atoms with Crippen LogP contribution in [0.15, 0.2) is 66.7 Å². The van der Waals surface area contributed by atoms with Gasteiger partial charge in [-0.25, -0.2) is 0 Å². The highest BCUT2D eigenvalue weighted by Gasteiger charge is 2.48. The first-order valence-electron chi connectivity index (χ1n) is 10.6. The topological polar surface area (TPSA) is 37.4 Å². The summed E-state index contributed by atoms with van der Waals surface area (Å²) in [6, 6.07) is 20.1. The van der Waals surface area contributed by atoms with Crippen molar-refractivity contribution in [1.82, 2.24) is 4.90 Å². The molecule has 3 aromatic rings. The third-order valence-corrected chi connectivity index (χ3v) is 6.89. The van der Waals surface area contributed by atoms with Gasteiger partial charge in [0.1, 0.15) is 0 Å². The highest BCUT2D eigenvalue weighted by atomic mass is 35.5. The van der Waals surface area contributed by atoms with Crippen LogP contribution in [0.2, 0.25) is 10.0 Å². The van der Waals surface area contributed by atoms with E-state index >= 15 is 0 Å². The Balaban J connectivity index is 1.80. The molecule has 0 aliphatic carbocycles. The van der Waals surface area contributed by atoms with E-state index in [0.717, 1.165) is 16.7 Å². The highest BCUT2D eigenvalue weighted by Crippen LogP contribution is 2.45. The van der Waals surface area contributed by atoms with Crippen LogP contribution in [-0.2, 0) is 0 Å². The predicted octanol–water partition coefficient (Wildman–Crippen LogP) is 6.59. The third-order valence-electron chi connectivity index (χ3n) is 6.33. The van der Waals surface area contributed by atoms with Gasteiger partial charge in [0.2, 0.25) is 0 Å². The monoisotopic (exact) mass is 465 g/mol. The molecule has 3 nitrogen and oxygen atoms in total. The lowest BCUT2D eigenvalue weighted by atomic mass is 9.78. The number of likely N-dealkylation sites (tertiary alicyclic amines) is 1. The van der Waals surface area contributed by atoms with Crippen LogP contribution in [0.4, 0.5) is 0 Å². The van der Waals surface area contributed by atoms with E-state index < -0.39 is 11.8 Å². The van der Waals surface area contributed by atoms with Gasteiger partial charge in [-0.2, -0.15) is 0 Å². The van der Waals surface area contributed by atoms with Gasteiger partial charge in [0.05, 0.1) is 5.92 Å². The van der Waals surface area contributed by atoms with Crippen LogP contribution in [0.1, 0.15) is 43.4 Å². The van der Waals surface area contributed by atoms with Crippen LogP contribution in [0, 0.1) is 25.7 Å². The second-order valence-corrected chi connectivity index (χ2v) is 9.49. The summed E-state index contributed by atoms with van der Waals surface area (Å²) >= 11 is 12.7. The minimum absolute atomic E-state index is 0.0186. The second-order valence-electron chi connectivity index (χ2n) is 8.64. The molecule has 0 amide bonds. The maximum Gasteiger partial charge on any atom is 0.168 e. The molecule has 3 unspecified atom stereocenters. The normalized spacial score (nSPS) is 21.0. The quantitative estimate of drug-likeness (QED) is 0.398. The number of carbonyl (C=O) groups excluding carboxylic acids is 2. The van der Waals surface area contributed by atoms with E-state index in [1.54, 1.807) is 12.1 Å². The Hall–Kier alpha value is -2.46. The zero-order valence-electron chi connectivity index (χ0n) is 18.3. The van der Waals surface area contributed by atoms with Gasteiger partial charge in [0, 0.05) is 39.7 Å². The summed E-state index contributed by atoms with van der Waals surface area (Å²) < 4.78 is 0. The molecular formula is C27H25Cl2NO2. The van der Waals surface area contributed by atoms with E-state index in [1.807, 2.05) is 75.5 Å². The maximum absolute atomic E-state index is 13.8. The molecule has 1 aliphatic rings. The molecule has 0 N–H and O–H groups in total. The molecule has 1 aliphatic heterocycles. The average molecular weight is 466 g/mol. The van der Waals surface area contributed by atoms with Crippen molar-refractivity contribution in [2.75, 3.05) is 13.6 Å². The first-order chi connectivity index (χ1) is 15.3. The molecule has 1 heterocycles. The number of hydrogen-bond donors (Lipinski definition) is 0. The molecular weight excluding hydrogens is 441 g/mol. The SMILES string of the molecule is Cc1ccc(C(=O)C2CN(C)C(c3ccc(Cl)cc3Cl)C2C(=O)c2ccc(C)cc2)cc1. The lowest BCUT2D eigenvalue weighted by Gasteiger charge is -2.27. The fourth-order valence-corrected chi connectivity index (χ4v) is 5.14. The van der Waals surface area contributed by atoms with Crippen molar-refractivity contribution in [2.45, 2.75) is 19.9 Å². The molecule has 0 radical (unpaired) electrons. The van der Waals surface area contributed by atoms with E-state index in [9.17, 15) is 9.59 Å². The summed E-state index contributed by atoms with van der Waals surface area (Å²) in [7, 11) is 1.94. The molecule has 164 valence electrons. The second kappa shape index (κ2) is 9.19. The Morgan fingerprint density at radius 3 is 1.88 bits per heavy atom. The van der Waals surface area contributed by atoms with Gasteiger partial charge >= 0.3 is 0 Å².